The van der Waals surface area contributed by atoms with Gasteiger partial charge in [0.25, 0.3) is 0 Å². The Kier molecular flexibility index (Phi) is 4.24. The summed E-state index contributed by atoms with van der Waals surface area (Å²) in [6, 6.07) is 0.446. The average Bonchev–Trinajstić information content (AvgIpc) is 2.30. The van der Waals surface area contributed by atoms with E-state index in [4.69, 9.17) is 5.73 Å². The molecule has 1 atom stereocenters. The quantitative estimate of drug-likeness (QED) is 0.843. The van der Waals surface area contributed by atoms with Crippen molar-refractivity contribution < 1.29 is 0 Å². The first-order valence-electron chi connectivity index (χ1n) is 5.78. The van der Waals surface area contributed by atoms with Crippen LogP contribution in [0, 0.1) is 13.8 Å². The van der Waals surface area contributed by atoms with Gasteiger partial charge in [-0.05, 0) is 32.8 Å². The third kappa shape index (κ3) is 2.32. The Hall–Kier alpha value is -1.16. The van der Waals surface area contributed by atoms with Crippen LogP contribution < -0.4 is 10.6 Å². The van der Waals surface area contributed by atoms with Gasteiger partial charge >= 0.3 is 0 Å². The SMILES string of the molecule is CCC(C)N(C)c1nnc(C)c(C)c1CN. The molecule has 0 saturated carbocycles. The van der Waals surface area contributed by atoms with Gasteiger partial charge in [0.1, 0.15) is 0 Å². The Labute approximate surface area is 97.9 Å². The Balaban J connectivity index is 3.18. The molecular formula is C12H22N4. The van der Waals surface area contributed by atoms with Crippen molar-refractivity contribution in [2.75, 3.05) is 11.9 Å². The molecule has 1 heterocycles. The van der Waals surface area contributed by atoms with Crippen LogP contribution in [-0.2, 0) is 6.54 Å². The lowest BCUT2D eigenvalue weighted by Gasteiger charge is -2.27. The van der Waals surface area contributed by atoms with Gasteiger partial charge in [-0.1, -0.05) is 6.92 Å². The number of aryl methyl sites for hydroxylation is 1. The van der Waals surface area contributed by atoms with Gasteiger partial charge in [0.2, 0.25) is 0 Å². The lowest BCUT2D eigenvalue weighted by molar-refractivity contribution is 0.646. The van der Waals surface area contributed by atoms with Gasteiger partial charge < -0.3 is 10.6 Å². The maximum atomic E-state index is 5.81. The first kappa shape index (κ1) is 12.9. The molecule has 0 bridgehead atoms. The highest BCUT2D eigenvalue weighted by Crippen LogP contribution is 2.22. The molecule has 1 aromatic rings. The summed E-state index contributed by atoms with van der Waals surface area (Å²) >= 11 is 0. The van der Waals surface area contributed by atoms with E-state index in [2.05, 4.69) is 35.9 Å². The summed E-state index contributed by atoms with van der Waals surface area (Å²) in [6.07, 6.45) is 1.08. The number of nitrogens with two attached hydrogens (primary N) is 1. The Morgan fingerprint density at radius 3 is 2.44 bits per heavy atom. The van der Waals surface area contributed by atoms with Gasteiger partial charge in [-0.15, -0.1) is 5.10 Å². The van der Waals surface area contributed by atoms with E-state index in [0.29, 0.717) is 12.6 Å². The topological polar surface area (TPSA) is 55.0 Å². The molecule has 0 aliphatic rings. The summed E-state index contributed by atoms with van der Waals surface area (Å²) in [5.74, 6) is 0.917. The maximum absolute atomic E-state index is 5.81. The molecule has 0 radical (unpaired) electrons. The highest BCUT2D eigenvalue weighted by Gasteiger charge is 2.16. The van der Waals surface area contributed by atoms with Crippen molar-refractivity contribution in [1.29, 1.82) is 0 Å². The van der Waals surface area contributed by atoms with Crippen molar-refractivity contribution in [3.63, 3.8) is 0 Å². The van der Waals surface area contributed by atoms with Gasteiger partial charge in [-0.2, -0.15) is 5.10 Å². The van der Waals surface area contributed by atoms with E-state index < -0.39 is 0 Å². The second-order valence-electron chi connectivity index (χ2n) is 4.28. The zero-order valence-electron chi connectivity index (χ0n) is 10.9. The fourth-order valence-electron chi connectivity index (χ4n) is 1.65. The summed E-state index contributed by atoms with van der Waals surface area (Å²) in [4.78, 5) is 2.15. The van der Waals surface area contributed by atoms with Crippen LogP contribution in [0.2, 0.25) is 0 Å². The number of anilines is 1. The lowest BCUT2D eigenvalue weighted by atomic mass is 10.1. The van der Waals surface area contributed by atoms with Gasteiger partial charge in [0.05, 0.1) is 5.69 Å². The molecular weight excluding hydrogens is 200 g/mol. The van der Waals surface area contributed by atoms with Gasteiger partial charge in [-0.3, -0.25) is 0 Å². The van der Waals surface area contributed by atoms with Crippen molar-refractivity contribution in [1.82, 2.24) is 10.2 Å². The third-order valence-electron chi connectivity index (χ3n) is 3.35. The molecule has 0 aliphatic carbocycles. The zero-order valence-corrected chi connectivity index (χ0v) is 10.9. The summed E-state index contributed by atoms with van der Waals surface area (Å²) in [5.41, 5.74) is 9.03. The molecule has 16 heavy (non-hydrogen) atoms. The van der Waals surface area contributed by atoms with Crippen LogP contribution in [0.25, 0.3) is 0 Å². The van der Waals surface area contributed by atoms with Crippen molar-refractivity contribution in [3.8, 4) is 0 Å². The number of aromatic nitrogens is 2. The normalized spacial score (nSPS) is 12.6. The lowest BCUT2D eigenvalue weighted by Crippen LogP contribution is -2.31. The average molecular weight is 222 g/mol. The fraction of sp³-hybridized carbons (Fsp3) is 0.667. The minimum absolute atomic E-state index is 0.446. The molecule has 1 rings (SSSR count). The van der Waals surface area contributed by atoms with E-state index >= 15 is 0 Å². The second kappa shape index (κ2) is 5.25. The van der Waals surface area contributed by atoms with Gasteiger partial charge in [-0.25, -0.2) is 0 Å². The van der Waals surface area contributed by atoms with E-state index in [9.17, 15) is 0 Å². The molecule has 0 fully saturated rings. The number of rotatable bonds is 4. The van der Waals surface area contributed by atoms with Crippen molar-refractivity contribution in [3.05, 3.63) is 16.8 Å². The first-order chi connectivity index (χ1) is 7.52. The molecule has 4 nitrogen and oxygen atoms in total. The summed E-state index contributed by atoms with van der Waals surface area (Å²) in [5, 5.41) is 8.45. The molecule has 0 saturated heterocycles. The van der Waals surface area contributed by atoms with Crippen molar-refractivity contribution >= 4 is 5.82 Å². The number of hydrogen-bond donors (Lipinski definition) is 1. The zero-order chi connectivity index (χ0) is 12.3. The van der Waals surface area contributed by atoms with Crippen molar-refractivity contribution in [2.24, 2.45) is 5.73 Å². The van der Waals surface area contributed by atoms with E-state index in [0.717, 1.165) is 29.1 Å². The molecule has 90 valence electrons. The molecule has 2 N–H and O–H groups in total. The number of nitrogens with zero attached hydrogens (tertiary/aromatic N) is 3. The van der Waals surface area contributed by atoms with Gasteiger partial charge in [0.15, 0.2) is 5.82 Å². The first-order valence-corrected chi connectivity index (χ1v) is 5.78. The van der Waals surface area contributed by atoms with E-state index in [1.807, 2.05) is 14.0 Å². The Morgan fingerprint density at radius 2 is 1.94 bits per heavy atom. The highest BCUT2D eigenvalue weighted by atomic mass is 15.3. The molecule has 0 aliphatic heterocycles. The Morgan fingerprint density at radius 1 is 1.31 bits per heavy atom. The Bertz CT molecular complexity index is 362. The van der Waals surface area contributed by atoms with Crippen LogP contribution in [0.1, 0.15) is 37.1 Å². The van der Waals surface area contributed by atoms with E-state index in [-0.39, 0.29) is 0 Å². The van der Waals surface area contributed by atoms with Crippen LogP contribution >= 0.6 is 0 Å². The van der Waals surface area contributed by atoms with Gasteiger partial charge in [0, 0.05) is 25.2 Å². The number of hydrogen-bond acceptors (Lipinski definition) is 4. The third-order valence-corrected chi connectivity index (χ3v) is 3.35. The molecule has 1 unspecified atom stereocenters. The van der Waals surface area contributed by atoms with Crippen LogP contribution in [0.15, 0.2) is 0 Å². The van der Waals surface area contributed by atoms with Crippen LogP contribution in [0.3, 0.4) is 0 Å². The highest BCUT2D eigenvalue weighted by molar-refractivity contribution is 5.50. The standard InChI is InChI=1S/C12H22N4/c1-6-8(2)16(5)12-11(7-13)9(3)10(4)14-15-12/h8H,6-7,13H2,1-5H3. The van der Waals surface area contributed by atoms with E-state index in [1.165, 1.54) is 0 Å². The summed E-state index contributed by atoms with van der Waals surface area (Å²) in [6.45, 7) is 8.88. The predicted molar refractivity (Wildman–Crippen MR) is 67.6 cm³/mol. The van der Waals surface area contributed by atoms with Crippen molar-refractivity contribution in [2.45, 2.75) is 46.7 Å². The predicted octanol–water partition coefficient (Wildman–Crippen LogP) is 1.79. The molecule has 1 aromatic heterocycles. The molecule has 0 aromatic carbocycles. The minimum atomic E-state index is 0.446. The monoisotopic (exact) mass is 222 g/mol. The molecule has 0 amide bonds. The molecule has 4 heteroatoms. The summed E-state index contributed by atoms with van der Waals surface area (Å²) < 4.78 is 0. The largest absolute Gasteiger partial charge is 0.355 e. The molecule has 0 spiro atoms. The van der Waals surface area contributed by atoms with Crippen LogP contribution in [-0.4, -0.2) is 23.3 Å². The van der Waals surface area contributed by atoms with Crippen LogP contribution in [0.4, 0.5) is 5.82 Å². The second-order valence-corrected chi connectivity index (χ2v) is 4.28. The van der Waals surface area contributed by atoms with Crippen LogP contribution in [0.5, 0.6) is 0 Å². The minimum Gasteiger partial charge on any atom is -0.355 e. The smallest absolute Gasteiger partial charge is 0.156 e. The fourth-order valence-corrected chi connectivity index (χ4v) is 1.65. The summed E-state index contributed by atoms with van der Waals surface area (Å²) in [7, 11) is 2.05. The van der Waals surface area contributed by atoms with E-state index in [1.54, 1.807) is 0 Å². The maximum Gasteiger partial charge on any atom is 0.156 e.